The monoisotopic (exact) mass is 161 g/mol. The molecule has 0 aliphatic rings. The van der Waals surface area contributed by atoms with Gasteiger partial charge in [0.05, 0.1) is 7.11 Å². The lowest BCUT2D eigenvalue weighted by molar-refractivity contribution is -0.120. The first-order valence-corrected chi connectivity index (χ1v) is 3.07. The molecule has 0 aliphatic heterocycles. The van der Waals surface area contributed by atoms with Gasteiger partial charge in [-0.1, -0.05) is 0 Å². The first-order chi connectivity index (χ1) is 5.13. The second kappa shape index (κ2) is 4.43. The van der Waals surface area contributed by atoms with Crippen molar-refractivity contribution in [3.63, 3.8) is 0 Å². The maximum atomic E-state index is 10.7. The van der Waals surface area contributed by atoms with Crippen molar-refractivity contribution in [1.82, 2.24) is 5.32 Å². The van der Waals surface area contributed by atoms with Gasteiger partial charge in [0.25, 0.3) is 11.7 Å². The minimum Gasteiger partial charge on any atom is -0.498 e. The van der Waals surface area contributed by atoms with E-state index in [0.717, 1.165) is 7.11 Å². The van der Waals surface area contributed by atoms with E-state index in [1.807, 2.05) is 0 Å². The molecule has 1 amide bonds. The van der Waals surface area contributed by atoms with E-state index < -0.39 is 17.6 Å². The molecule has 5 heteroatoms. The predicted molar refractivity (Wildman–Crippen MR) is 38.0 cm³/mol. The van der Waals surface area contributed by atoms with Crippen LogP contribution in [0.25, 0.3) is 0 Å². The third-order valence-electron chi connectivity index (χ3n) is 0.948. The minimum atomic E-state index is -0.811. The highest BCUT2D eigenvalue weighted by atomic mass is 16.6. The third-order valence-corrected chi connectivity index (χ3v) is 0.948. The van der Waals surface area contributed by atoms with Crippen LogP contribution < -0.4 is 5.32 Å². The summed E-state index contributed by atoms with van der Waals surface area (Å²) in [5.41, 5.74) is 0. The lowest BCUT2D eigenvalue weighted by Crippen LogP contribution is -2.25. The summed E-state index contributed by atoms with van der Waals surface area (Å²) in [7, 11) is 1.14. The molecule has 0 heterocycles. The van der Waals surface area contributed by atoms with Crippen molar-refractivity contribution >= 4 is 5.91 Å². The van der Waals surface area contributed by atoms with Gasteiger partial charge in [-0.2, -0.15) is 0 Å². The molecule has 0 aromatic rings. The van der Waals surface area contributed by atoms with E-state index in [0.29, 0.717) is 6.54 Å². The number of ether oxygens (including phenoxy) is 1. The number of hydrogen-bond acceptors (Lipinski definition) is 4. The minimum absolute atomic E-state index is 0.375. The van der Waals surface area contributed by atoms with E-state index in [-0.39, 0.29) is 0 Å². The number of carbonyl (C=O) groups is 1. The highest BCUT2D eigenvalue weighted by Gasteiger charge is 2.12. The van der Waals surface area contributed by atoms with E-state index in [1.54, 1.807) is 6.92 Å². The van der Waals surface area contributed by atoms with Crippen LogP contribution in [0.15, 0.2) is 11.7 Å². The van der Waals surface area contributed by atoms with Gasteiger partial charge in [0.2, 0.25) is 0 Å². The van der Waals surface area contributed by atoms with Crippen molar-refractivity contribution < 1.29 is 19.7 Å². The van der Waals surface area contributed by atoms with E-state index in [1.165, 1.54) is 0 Å². The number of likely N-dealkylation sites (N-methyl/N-ethyl adjacent to an activating group) is 1. The molecule has 0 atom stereocenters. The van der Waals surface area contributed by atoms with Gasteiger partial charge >= 0.3 is 5.95 Å². The second-order valence-electron chi connectivity index (χ2n) is 1.72. The average molecular weight is 161 g/mol. The van der Waals surface area contributed by atoms with Gasteiger partial charge in [-0.3, -0.25) is 4.79 Å². The first kappa shape index (κ1) is 9.61. The Morgan fingerprint density at radius 2 is 2.09 bits per heavy atom. The molecule has 0 aliphatic carbocycles. The van der Waals surface area contributed by atoms with Crippen LogP contribution in [0.5, 0.6) is 0 Å². The molecule has 5 nitrogen and oxygen atoms in total. The topological polar surface area (TPSA) is 78.8 Å². The number of methoxy groups -OCH3 is 1. The summed E-state index contributed by atoms with van der Waals surface area (Å²) in [6, 6.07) is 0. The van der Waals surface area contributed by atoms with Gasteiger partial charge in [0.15, 0.2) is 0 Å². The summed E-state index contributed by atoms with van der Waals surface area (Å²) < 4.78 is 4.20. The standard InChI is InChI=1S/C6H11NO4/c1-3-7-5(9)4(8)6(10)11-2/h8,10H,3H2,1-2H3,(H,7,9). The Balaban J connectivity index is 4.22. The molecule has 0 aromatic heterocycles. The van der Waals surface area contributed by atoms with Crippen molar-refractivity contribution in [2.24, 2.45) is 0 Å². The van der Waals surface area contributed by atoms with Gasteiger partial charge < -0.3 is 20.3 Å². The summed E-state index contributed by atoms with van der Waals surface area (Å²) in [5, 5.41) is 19.8. The number of amides is 1. The summed E-state index contributed by atoms with van der Waals surface area (Å²) in [4.78, 5) is 10.7. The smallest absolute Gasteiger partial charge is 0.326 e. The average Bonchev–Trinajstić information content (AvgIpc) is 2.02. The molecule has 0 aromatic carbocycles. The molecule has 64 valence electrons. The summed E-state index contributed by atoms with van der Waals surface area (Å²) in [6.07, 6.45) is 0. The molecule has 0 radical (unpaired) electrons. The molecular formula is C6H11NO4. The Labute approximate surface area is 64.3 Å². The number of carbonyl (C=O) groups excluding carboxylic acids is 1. The number of aliphatic hydroxyl groups excluding tert-OH is 2. The molecule has 0 saturated carbocycles. The lowest BCUT2D eigenvalue weighted by Gasteiger charge is -2.02. The van der Waals surface area contributed by atoms with Gasteiger partial charge in [-0.15, -0.1) is 0 Å². The second-order valence-corrected chi connectivity index (χ2v) is 1.72. The molecule has 0 unspecified atom stereocenters. The maximum absolute atomic E-state index is 10.7. The van der Waals surface area contributed by atoms with Crippen LogP contribution in [0.1, 0.15) is 6.92 Å². The normalized spacial score (nSPS) is 11.8. The molecule has 0 spiro atoms. The van der Waals surface area contributed by atoms with Crippen LogP contribution in [0.4, 0.5) is 0 Å². The quantitative estimate of drug-likeness (QED) is 0.403. The fraction of sp³-hybridized carbons (Fsp3) is 0.500. The third kappa shape index (κ3) is 2.79. The lowest BCUT2D eigenvalue weighted by atomic mass is 10.5. The highest BCUT2D eigenvalue weighted by molar-refractivity contribution is 5.90. The molecule has 3 N–H and O–H groups in total. The molecule has 0 rings (SSSR count). The zero-order valence-electron chi connectivity index (χ0n) is 6.42. The van der Waals surface area contributed by atoms with Crippen LogP contribution in [0.2, 0.25) is 0 Å². The summed E-state index contributed by atoms with van der Waals surface area (Å²) >= 11 is 0. The first-order valence-electron chi connectivity index (χ1n) is 3.07. The Morgan fingerprint density at radius 1 is 1.55 bits per heavy atom. The molecule has 0 saturated heterocycles. The number of aliphatic hydroxyl groups is 2. The van der Waals surface area contributed by atoms with Crippen LogP contribution in [-0.2, 0) is 9.53 Å². The summed E-state index contributed by atoms with van der Waals surface area (Å²) in [5.74, 6) is -2.35. The van der Waals surface area contributed by atoms with Gasteiger partial charge in [0, 0.05) is 6.54 Å². The van der Waals surface area contributed by atoms with Crippen molar-refractivity contribution in [1.29, 1.82) is 0 Å². The Bertz CT molecular complexity index is 175. The SMILES string of the molecule is CCNC(=O)C(O)=C(O)OC. The maximum Gasteiger partial charge on any atom is 0.326 e. The number of hydrogen-bond donors (Lipinski definition) is 3. The van der Waals surface area contributed by atoms with E-state index in [4.69, 9.17) is 10.2 Å². The van der Waals surface area contributed by atoms with Crippen LogP contribution in [0.3, 0.4) is 0 Å². The Hall–Kier alpha value is -1.39. The molecular weight excluding hydrogens is 150 g/mol. The van der Waals surface area contributed by atoms with Gasteiger partial charge in [-0.05, 0) is 6.92 Å². The summed E-state index contributed by atoms with van der Waals surface area (Å²) in [6.45, 7) is 2.06. The number of nitrogens with one attached hydrogen (secondary N) is 1. The predicted octanol–water partition coefficient (Wildman–Crippen LogP) is 0.0540. The van der Waals surface area contributed by atoms with Gasteiger partial charge in [0.1, 0.15) is 0 Å². The van der Waals surface area contributed by atoms with Crippen LogP contribution in [-0.4, -0.2) is 29.8 Å². The van der Waals surface area contributed by atoms with E-state index in [9.17, 15) is 4.79 Å². The molecule has 0 fully saturated rings. The van der Waals surface area contributed by atoms with Crippen LogP contribution >= 0.6 is 0 Å². The van der Waals surface area contributed by atoms with E-state index in [2.05, 4.69) is 10.1 Å². The zero-order chi connectivity index (χ0) is 8.85. The number of rotatable bonds is 3. The zero-order valence-corrected chi connectivity index (χ0v) is 6.42. The Kier molecular flexibility index (Phi) is 3.87. The molecule has 11 heavy (non-hydrogen) atoms. The van der Waals surface area contributed by atoms with Crippen LogP contribution in [0, 0.1) is 0 Å². The van der Waals surface area contributed by atoms with Crippen molar-refractivity contribution in [3.8, 4) is 0 Å². The molecule has 0 bridgehead atoms. The highest BCUT2D eigenvalue weighted by Crippen LogP contribution is 1.96. The van der Waals surface area contributed by atoms with E-state index >= 15 is 0 Å². The van der Waals surface area contributed by atoms with Gasteiger partial charge in [-0.25, -0.2) is 0 Å². The van der Waals surface area contributed by atoms with Crippen molar-refractivity contribution in [2.75, 3.05) is 13.7 Å². The fourth-order valence-electron chi connectivity index (χ4n) is 0.438. The van der Waals surface area contributed by atoms with Crippen molar-refractivity contribution in [3.05, 3.63) is 11.7 Å². The largest absolute Gasteiger partial charge is 0.498 e. The Morgan fingerprint density at radius 3 is 2.45 bits per heavy atom. The van der Waals surface area contributed by atoms with Crippen molar-refractivity contribution in [2.45, 2.75) is 6.92 Å². The fourth-order valence-corrected chi connectivity index (χ4v) is 0.438.